The molecule has 0 saturated carbocycles. The lowest BCUT2D eigenvalue weighted by Crippen LogP contribution is -2.22. The van der Waals surface area contributed by atoms with Gasteiger partial charge < -0.3 is 19.8 Å². The zero-order valence-corrected chi connectivity index (χ0v) is 24.8. The first-order valence-electron chi connectivity index (χ1n) is 13.3. The van der Waals surface area contributed by atoms with Crippen LogP contribution in [0.5, 0.6) is 0 Å². The van der Waals surface area contributed by atoms with Crippen LogP contribution >= 0.6 is 0 Å². The zero-order chi connectivity index (χ0) is 29.5. The van der Waals surface area contributed by atoms with Gasteiger partial charge in [-0.05, 0) is 63.8 Å². The van der Waals surface area contributed by atoms with Gasteiger partial charge in [0.15, 0.2) is 0 Å². The maximum absolute atomic E-state index is 10.3. The van der Waals surface area contributed by atoms with E-state index >= 15 is 0 Å². The number of pyridine rings is 1. The maximum atomic E-state index is 10.3. The Morgan fingerprint density at radius 2 is 1.79 bits per heavy atom. The van der Waals surface area contributed by atoms with Gasteiger partial charge >= 0.3 is 0 Å². The van der Waals surface area contributed by atoms with Crippen LogP contribution in [-0.2, 0) is 9.59 Å². The normalized spacial score (nSPS) is 9.87. The molecule has 0 saturated heterocycles. The standard InChI is InChI=1S/C15H23N.C13H15N3O.C2H4O.C2H6/c1-6-10-16(7-2)14(5)15-11-12(3)8-9-13(15)4;1-10(5-6-17)8-15-11(2)13-4-3-12(7-14)9-16-13;1-2-3;1-2/h8-9,11H,5-7,10H2,1-4H3;3-4,6,9-10,15H,2,5,8H2,1H3;2H,1H3;1-2H3. The molecule has 1 aromatic heterocycles. The van der Waals surface area contributed by atoms with Crippen LogP contribution in [0.1, 0.15) is 82.3 Å². The van der Waals surface area contributed by atoms with Gasteiger partial charge in [0.2, 0.25) is 0 Å². The van der Waals surface area contributed by atoms with Crippen LogP contribution in [0, 0.1) is 31.1 Å². The Hall–Kier alpha value is -3.72. The van der Waals surface area contributed by atoms with Crippen LogP contribution in [0.25, 0.3) is 11.4 Å². The predicted octanol–water partition coefficient (Wildman–Crippen LogP) is 6.98. The smallest absolute Gasteiger partial charge is 0.120 e. The molecule has 0 aliphatic carbocycles. The number of nitrogens with one attached hydrogen (secondary N) is 1. The van der Waals surface area contributed by atoms with Gasteiger partial charge in [-0.15, -0.1) is 0 Å². The summed E-state index contributed by atoms with van der Waals surface area (Å²) < 4.78 is 0. The van der Waals surface area contributed by atoms with E-state index < -0.39 is 0 Å². The van der Waals surface area contributed by atoms with E-state index in [0.29, 0.717) is 29.9 Å². The summed E-state index contributed by atoms with van der Waals surface area (Å²) in [6.07, 6.45) is 4.87. The van der Waals surface area contributed by atoms with Gasteiger partial charge in [-0.1, -0.05) is 58.5 Å². The first-order valence-corrected chi connectivity index (χ1v) is 13.3. The first-order chi connectivity index (χ1) is 18.2. The Labute approximate surface area is 231 Å². The number of carbonyl (C=O) groups excluding carboxylic acids is 2. The average molecular weight is 521 g/mol. The summed E-state index contributed by atoms with van der Waals surface area (Å²) in [5.41, 5.74) is 6.99. The van der Waals surface area contributed by atoms with Crippen molar-refractivity contribution in [1.29, 1.82) is 5.26 Å². The van der Waals surface area contributed by atoms with Crippen LogP contribution in [0.2, 0.25) is 0 Å². The van der Waals surface area contributed by atoms with Crippen LogP contribution in [0.15, 0.2) is 49.7 Å². The van der Waals surface area contributed by atoms with Crippen molar-refractivity contribution in [3.8, 4) is 6.07 Å². The highest BCUT2D eigenvalue weighted by Crippen LogP contribution is 2.22. The van der Waals surface area contributed by atoms with Crippen LogP contribution in [0.3, 0.4) is 0 Å². The summed E-state index contributed by atoms with van der Waals surface area (Å²) in [6, 6.07) is 12.0. The SMILES string of the molecule is C=C(NCC(C)CC=O)c1ccc(C#N)cn1.C=C(c1cc(C)ccc1C)N(CC)CCC.CC.CC=O. The molecule has 0 aliphatic rings. The van der Waals surface area contributed by atoms with Gasteiger partial charge in [-0.25, -0.2) is 0 Å². The Balaban J connectivity index is 0. The minimum absolute atomic E-state index is 0.266. The molecule has 1 N–H and O–H groups in total. The van der Waals surface area contributed by atoms with Crippen molar-refractivity contribution in [3.05, 3.63) is 77.6 Å². The summed E-state index contributed by atoms with van der Waals surface area (Å²) in [7, 11) is 0. The van der Waals surface area contributed by atoms with E-state index in [9.17, 15) is 4.79 Å². The van der Waals surface area contributed by atoms with Gasteiger partial charge in [0, 0.05) is 43.5 Å². The second-order valence-corrected chi connectivity index (χ2v) is 8.49. The number of hydrogen-bond acceptors (Lipinski definition) is 6. The number of aryl methyl sites for hydroxylation is 2. The lowest BCUT2D eigenvalue weighted by atomic mass is 10.0. The molecule has 0 amide bonds. The largest absolute Gasteiger partial charge is 0.384 e. The number of rotatable bonds is 11. The molecule has 208 valence electrons. The molecule has 2 rings (SSSR count). The number of nitriles is 1. The Morgan fingerprint density at radius 3 is 2.26 bits per heavy atom. The van der Waals surface area contributed by atoms with Crippen molar-refractivity contribution in [2.24, 2.45) is 5.92 Å². The van der Waals surface area contributed by atoms with Crippen molar-refractivity contribution in [2.45, 2.75) is 68.2 Å². The third-order valence-corrected chi connectivity index (χ3v) is 5.33. The van der Waals surface area contributed by atoms with Crippen molar-refractivity contribution in [3.63, 3.8) is 0 Å². The number of benzene rings is 1. The molecule has 1 atom stereocenters. The van der Waals surface area contributed by atoms with Crippen LogP contribution < -0.4 is 5.32 Å². The number of nitrogens with zero attached hydrogens (tertiary/aromatic N) is 3. The van der Waals surface area contributed by atoms with Crippen molar-refractivity contribution in [1.82, 2.24) is 15.2 Å². The Kier molecular flexibility index (Phi) is 21.6. The van der Waals surface area contributed by atoms with E-state index in [1.165, 1.54) is 29.8 Å². The molecule has 0 fully saturated rings. The minimum atomic E-state index is 0.266. The van der Waals surface area contributed by atoms with Gasteiger partial charge in [-0.2, -0.15) is 5.26 Å². The van der Waals surface area contributed by atoms with Crippen LogP contribution in [-0.4, -0.2) is 42.1 Å². The van der Waals surface area contributed by atoms with E-state index in [0.717, 1.165) is 37.8 Å². The topological polar surface area (TPSA) is 86.1 Å². The molecule has 6 nitrogen and oxygen atoms in total. The molecule has 2 aromatic rings. The van der Waals surface area contributed by atoms with Gasteiger partial charge in [0.25, 0.3) is 0 Å². The fraction of sp³-hybridized carbons (Fsp3) is 0.438. The highest BCUT2D eigenvalue weighted by molar-refractivity contribution is 5.65. The third kappa shape index (κ3) is 14.7. The lowest BCUT2D eigenvalue weighted by molar-refractivity contribution is -0.108. The van der Waals surface area contributed by atoms with Crippen molar-refractivity contribution >= 4 is 24.0 Å². The highest BCUT2D eigenvalue weighted by atomic mass is 16.1. The average Bonchev–Trinajstić information content (AvgIpc) is 2.93. The minimum Gasteiger partial charge on any atom is -0.384 e. The Morgan fingerprint density at radius 1 is 1.16 bits per heavy atom. The highest BCUT2D eigenvalue weighted by Gasteiger charge is 2.09. The quantitative estimate of drug-likeness (QED) is 0.322. The molecule has 38 heavy (non-hydrogen) atoms. The van der Waals surface area contributed by atoms with Gasteiger partial charge in [0.05, 0.1) is 17.0 Å². The van der Waals surface area contributed by atoms with Gasteiger partial charge in [-0.3, -0.25) is 4.98 Å². The van der Waals surface area contributed by atoms with E-state index in [-0.39, 0.29) is 5.92 Å². The fourth-order valence-electron chi connectivity index (χ4n) is 3.25. The van der Waals surface area contributed by atoms with E-state index in [2.05, 4.69) is 74.3 Å². The summed E-state index contributed by atoms with van der Waals surface area (Å²) in [5, 5.41) is 11.8. The molecule has 0 bridgehead atoms. The molecule has 1 heterocycles. The van der Waals surface area contributed by atoms with E-state index in [4.69, 9.17) is 10.1 Å². The molecule has 1 unspecified atom stereocenters. The predicted molar refractivity (Wildman–Crippen MR) is 161 cm³/mol. The molecule has 0 radical (unpaired) electrons. The van der Waals surface area contributed by atoms with E-state index in [1.807, 2.05) is 26.8 Å². The zero-order valence-electron chi connectivity index (χ0n) is 24.8. The Bertz CT molecular complexity index is 1010. The first kappa shape index (κ1) is 36.4. The van der Waals surface area contributed by atoms with Gasteiger partial charge in [0.1, 0.15) is 18.6 Å². The summed E-state index contributed by atoms with van der Waals surface area (Å²) in [5.74, 6) is 0.266. The maximum Gasteiger partial charge on any atom is 0.120 e. The monoisotopic (exact) mass is 520 g/mol. The second-order valence-electron chi connectivity index (χ2n) is 8.49. The summed E-state index contributed by atoms with van der Waals surface area (Å²) in [6.45, 7) is 27.0. The number of carbonyl (C=O) groups is 2. The molecular formula is C32H48N4O2. The molecular weight excluding hydrogens is 472 g/mol. The number of aromatic nitrogens is 1. The van der Waals surface area contributed by atoms with Crippen LogP contribution in [0.4, 0.5) is 0 Å². The lowest BCUT2D eigenvalue weighted by Gasteiger charge is -2.26. The summed E-state index contributed by atoms with van der Waals surface area (Å²) in [4.78, 5) is 25.6. The number of hydrogen-bond donors (Lipinski definition) is 1. The molecule has 1 aromatic carbocycles. The summed E-state index contributed by atoms with van der Waals surface area (Å²) >= 11 is 0. The van der Waals surface area contributed by atoms with Crippen molar-refractivity contribution < 1.29 is 9.59 Å². The third-order valence-electron chi connectivity index (χ3n) is 5.33. The fourth-order valence-corrected chi connectivity index (χ4v) is 3.25. The van der Waals surface area contributed by atoms with Crippen molar-refractivity contribution in [2.75, 3.05) is 19.6 Å². The second kappa shape index (κ2) is 22.5. The molecule has 6 heteroatoms. The number of aldehydes is 2. The molecule has 0 spiro atoms. The van der Waals surface area contributed by atoms with E-state index in [1.54, 1.807) is 12.1 Å². The molecule has 0 aliphatic heterocycles.